The van der Waals surface area contributed by atoms with Crippen LogP contribution in [0.15, 0.2) is 67.3 Å². The number of aromatic nitrogens is 5. The highest BCUT2D eigenvalue weighted by atomic mass is 19.4. The molecule has 2 aromatic carbocycles. The molecule has 13 heteroatoms. The summed E-state index contributed by atoms with van der Waals surface area (Å²) in [5.41, 5.74) is 2.03. The van der Waals surface area contributed by atoms with Gasteiger partial charge in [0.25, 0.3) is 11.8 Å². The molecule has 4 heterocycles. The maximum atomic E-state index is 14.1. The van der Waals surface area contributed by atoms with Gasteiger partial charge in [-0.25, -0.2) is 9.97 Å². The van der Waals surface area contributed by atoms with Gasteiger partial charge in [-0.05, 0) is 61.5 Å². The van der Waals surface area contributed by atoms with E-state index < -0.39 is 17.6 Å². The standard InChI is InChI=1S/C32H31F3N8O2/c1-20-4-7-24(45-31-27-29(42(3)19-37-27)39-28(40-31)21-8-10-36-11-9-21)17-25(20)30(44)38-23-6-5-22(26(16-23)32(33,34)35)18-43-14-12-41(2)13-15-43/h4-11,16-17,19H,12-15,18H2,1-3H3,(H,38,44). The third-order valence-corrected chi connectivity index (χ3v) is 7.80. The monoisotopic (exact) mass is 616 g/mol. The van der Waals surface area contributed by atoms with Crippen LogP contribution in [0.25, 0.3) is 22.6 Å². The predicted octanol–water partition coefficient (Wildman–Crippen LogP) is 5.54. The maximum Gasteiger partial charge on any atom is 0.416 e. The summed E-state index contributed by atoms with van der Waals surface area (Å²) >= 11 is 0. The number of hydrogen-bond donors (Lipinski definition) is 1. The lowest BCUT2D eigenvalue weighted by molar-refractivity contribution is -0.138. The van der Waals surface area contributed by atoms with Gasteiger partial charge in [-0.3, -0.25) is 14.7 Å². The molecule has 3 aromatic heterocycles. The molecule has 0 atom stereocenters. The Morgan fingerprint density at radius 2 is 1.73 bits per heavy atom. The molecule has 1 saturated heterocycles. The number of fused-ring (bicyclic) bond motifs is 1. The van der Waals surface area contributed by atoms with Crippen LogP contribution in [0, 0.1) is 6.92 Å². The van der Waals surface area contributed by atoms with Crippen molar-refractivity contribution in [2.75, 3.05) is 38.5 Å². The van der Waals surface area contributed by atoms with E-state index in [-0.39, 0.29) is 29.2 Å². The van der Waals surface area contributed by atoms with Crippen LogP contribution in [0.4, 0.5) is 18.9 Å². The smallest absolute Gasteiger partial charge is 0.416 e. The summed E-state index contributed by atoms with van der Waals surface area (Å²) in [6.07, 6.45) is 0.296. The van der Waals surface area contributed by atoms with E-state index in [1.165, 1.54) is 18.2 Å². The lowest BCUT2D eigenvalue weighted by Crippen LogP contribution is -2.44. The molecule has 45 heavy (non-hydrogen) atoms. The molecule has 0 unspecified atom stereocenters. The highest BCUT2D eigenvalue weighted by molar-refractivity contribution is 6.05. The number of nitrogens with one attached hydrogen (secondary N) is 1. The van der Waals surface area contributed by atoms with Crippen molar-refractivity contribution in [1.29, 1.82) is 0 Å². The fraction of sp³-hybridized carbons (Fsp3) is 0.281. The van der Waals surface area contributed by atoms with E-state index in [0.717, 1.165) is 24.7 Å². The first-order chi connectivity index (χ1) is 21.5. The van der Waals surface area contributed by atoms with Gasteiger partial charge in [0, 0.05) is 69.0 Å². The quantitative estimate of drug-likeness (QED) is 0.254. The molecule has 10 nitrogen and oxygen atoms in total. The number of likely N-dealkylation sites (N-methyl/N-ethyl adjacent to an activating group) is 1. The fourth-order valence-electron chi connectivity index (χ4n) is 5.20. The largest absolute Gasteiger partial charge is 0.437 e. The number of hydrogen-bond acceptors (Lipinski definition) is 8. The number of halogens is 3. The molecule has 1 aliphatic heterocycles. The molecule has 1 N–H and O–H groups in total. The number of rotatable bonds is 7. The van der Waals surface area contributed by atoms with Crippen LogP contribution < -0.4 is 10.1 Å². The highest BCUT2D eigenvalue weighted by Gasteiger charge is 2.34. The van der Waals surface area contributed by atoms with E-state index in [9.17, 15) is 18.0 Å². The molecule has 5 aromatic rings. The number of ether oxygens (including phenoxy) is 1. The van der Waals surface area contributed by atoms with Gasteiger partial charge >= 0.3 is 6.18 Å². The van der Waals surface area contributed by atoms with Crippen molar-refractivity contribution in [2.45, 2.75) is 19.6 Å². The second kappa shape index (κ2) is 12.3. The van der Waals surface area contributed by atoms with Gasteiger partial charge < -0.3 is 19.5 Å². The van der Waals surface area contributed by atoms with Gasteiger partial charge in [-0.2, -0.15) is 18.2 Å². The molecule has 6 rings (SSSR count). The first-order valence-corrected chi connectivity index (χ1v) is 14.4. The fourth-order valence-corrected chi connectivity index (χ4v) is 5.20. The number of carbonyl (C=O) groups excluding carboxylic acids is 1. The van der Waals surface area contributed by atoms with E-state index >= 15 is 0 Å². The second-order valence-corrected chi connectivity index (χ2v) is 11.1. The zero-order valence-corrected chi connectivity index (χ0v) is 25.0. The average molecular weight is 617 g/mol. The third-order valence-electron chi connectivity index (χ3n) is 7.80. The Morgan fingerprint density at radius 3 is 2.47 bits per heavy atom. The molecule has 1 amide bonds. The number of pyridine rings is 1. The molecule has 0 aliphatic carbocycles. The molecular formula is C32H31F3N8O2. The van der Waals surface area contributed by atoms with Gasteiger partial charge in [-0.15, -0.1) is 0 Å². The zero-order chi connectivity index (χ0) is 31.7. The van der Waals surface area contributed by atoms with E-state index in [1.54, 1.807) is 61.5 Å². The Hall–Kier alpha value is -4.88. The van der Waals surface area contributed by atoms with Crippen LogP contribution in [-0.2, 0) is 19.8 Å². The molecule has 0 saturated carbocycles. The Labute approximate surface area is 257 Å². The van der Waals surface area contributed by atoms with E-state index in [1.807, 2.05) is 11.9 Å². The van der Waals surface area contributed by atoms with Crippen molar-refractivity contribution in [3.8, 4) is 23.0 Å². The first kappa shape index (κ1) is 30.2. The van der Waals surface area contributed by atoms with Crippen molar-refractivity contribution in [2.24, 2.45) is 7.05 Å². The summed E-state index contributed by atoms with van der Waals surface area (Å²) in [4.78, 5) is 35.1. The summed E-state index contributed by atoms with van der Waals surface area (Å²) in [5.74, 6) is 0.329. The number of anilines is 1. The number of nitrogens with zero attached hydrogens (tertiary/aromatic N) is 7. The molecule has 0 radical (unpaired) electrons. The minimum Gasteiger partial charge on any atom is -0.437 e. The Morgan fingerprint density at radius 1 is 0.978 bits per heavy atom. The normalized spacial score (nSPS) is 14.5. The maximum absolute atomic E-state index is 14.1. The number of imidazole rings is 1. The number of benzene rings is 2. The topological polar surface area (TPSA) is 101 Å². The SMILES string of the molecule is Cc1ccc(Oc2nc(-c3ccncc3)nc3c2ncn3C)cc1C(=O)Nc1ccc(CN2CCN(C)CC2)c(C(F)(F)F)c1. The number of alkyl halides is 3. The number of amides is 1. The van der Waals surface area contributed by atoms with Crippen LogP contribution in [0.3, 0.4) is 0 Å². The number of aryl methyl sites for hydroxylation is 2. The van der Waals surface area contributed by atoms with Crippen LogP contribution in [0.1, 0.15) is 27.0 Å². The predicted molar refractivity (Wildman–Crippen MR) is 163 cm³/mol. The molecule has 0 bridgehead atoms. The number of piperazine rings is 1. The minimum atomic E-state index is -4.57. The van der Waals surface area contributed by atoms with E-state index in [4.69, 9.17) is 4.74 Å². The van der Waals surface area contributed by atoms with E-state index in [2.05, 4.69) is 30.2 Å². The molecule has 1 fully saturated rings. The van der Waals surface area contributed by atoms with Crippen LogP contribution in [-0.4, -0.2) is 73.4 Å². The Kier molecular flexibility index (Phi) is 8.21. The third kappa shape index (κ3) is 6.64. The molecule has 1 aliphatic rings. The average Bonchev–Trinajstić information content (AvgIpc) is 3.40. The summed E-state index contributed by atoms with van der Waals surface area (Å²) in [7, 11) is 3.80. The van der Waals surface area contributed by atoms with E-state index in [0.29, 0.717) is 41.4 Å². The van der Waals surface area contributed by atoms with Crippen molar-refractivity contribution in [3.63, 3.8) is 0 Å². The summed E-state index contributed by atoms with van der Waals surface area (Å²) in [6.45, 7) is 4.90. The summed E-state index contributed by atoms with van der Waals surface area (Å²) in [6, 6.07) is 12.4. The van der Waals surface area contributed by atoms with Gasteiger partial charge in [0.1, 0.15) is 5.75 Å². The molecule has 232 valence electrons. The zero-order valence-electron chi connectivity index (χ0n) is 25.0. The van der Waals surface area contributed by atoms with Crippen LogP contribution in [0.2, 0.25) is 0 Å². The lowest BCUT2D eigenvalue weighted by Gasteiger charge is -2.33. The minimum absolute atomic E-state index is 0.0492. The first-order valence-electron chi connectivity index (χ1n) is 14.4. The van der Waals surface area contributed by atoms with Gasteiger partial charge in [-0.1, -0.05) is 12.1 Å². The Bertz CT molecular complexity index is 1850. The summed E-state index contributed by atoms with van der Waals surface area (Å²) < 4.78 is 50.2. The number of carbonyl (C=O) groups is 1. The van der Waals surface area contributed by atoms with Crippen molar-refractivity contribution < 1.29 is 22.7 Å². The van der Waals surface area contributed by atoms with Gasteiger partial charge in [0.15, 0.2) is 17.0 Å². The van der Waals surface area contributed by atoms with Crippen LogP contribution in [0.5, 0.6) is 11.6 Å². The molecule has 0 spiro atoms. The van der Waals surface area contributed by atoms with Crippen molar-refractivity contribution >= 4 is 22.8 Å². The summed E-state index contributed by atoms with van der Waals surface area (Å²) in [5, 5.41) is 2.64. The van der Waals surface area contributed by atoms with Gasteiger partial charge in [0.05, 0.1) is 11.9 Å². The second-order valence-electron chi connectivity index (χ2n) is 11.1. The van der Waals surface area contributed by atoms with Crippen molar-refractivity contribution in [1.82, 2.24) is 34.3 Å². The van der Waals surface area contributed by atoms with Crippen LogP contribution >= 0.6 is 0 Å². The van der Waals surface area contributed by atoms with Gasteiger partial charge in [0.2, 0.25) is 0 Å². The molecular weight excluding hydrogens is 585 g/mol. The Balaban J connectivity index is 1.25. The van der Waals surface area contributed by atoms with Crippen molar-refractivity contribution in [3.05, 3.63) is 89.5 Å². The highest BCUT2D eigenvalue weighted by Crippen LogP contribution is 2.35. The lowest BCUT2D eigenvalue weighted by atomic mass is 10.0.